The van der Waals surface area contributed by atoms with Crippen molar-refractivity contribution in [3.63, 3.8) is 0 Å². The van der Waals surface area contributed by atoms with Crippen molar-refractivity contribution in [2.45, 2.75) is 50.6 Å². The standard InChI is InChI=1S/C15H28N6OS/c1-15(2,23-5)10-17-14(16-3)18-11-6-7-13-19-12(9-22-4)20-21(13)8-11/h11H,6-10H2,1-5H3,(H2,16,17,18). The lowest BCUT2D eigenvalue weighted by Gasteiger charge is -2.28. The van der Waals surface area contributed by atoms with Crippen LogP contribution in [-0.4, -0.2) is 58.5 Å². The van der Waals surface area contributed by atoms with Gasteiger partial charge in [0.25, 0.3) is 0 Å². The summed E-state index contributed by atoms with van der Waals surface area (Å²) in [7, 11) is 3.47. The van der Waals surface area contributed by atoms with Crippen LogP contribution in [0.15, 0.2) is 4.99 Å². The molecule has 1 aromatic rings. The summed E-state index contributed by atoms with van der Waals surface area (Å²) in [5.74, 6) is 2.65. The Balaban J connectivity index is 1.90. The average Bonchev–Trinajstić information content (AvgIpc) is 2.93. The van der Waals surface area contributed by atoms with Crippen LogP contribution in [0.3, 0.4) is 0 Å². The Morgan fingerprint density at radius 1 is 1.52 bits per heavy atom. The Labute approximate surface area is 142 Å². The first-order valence-electron chi connectivity index (χ1n) is 7.91. The third-order valence-electron chi connectivity index (χ3n) is 3.97. The van der Waals surface area contributed by atoms with E-state index in [9.17, 15) is 0 Å². The molecule has 23 heavy (non-hydrogen) atoms. The molecule has 2 rings (SSSR count). The third-order valence-corrected chi connectivity index (χ3v) is 5.22. The predicted octanol–water partition coefficient (Wildman–Crippen LogP) is 1.05. The molecule has 0 aliphatic carbocycles. The Morgan fingerprint density at radius 2 is 2.30 bits per heavy atom. The van der Waals surface area contributed by atoms with Crippen LogP contribution in [0.1, 0.15) is 31.9 Å². The number of rotatable bonds is 6. The second-order valence-electron chi connectivity index (χ2n) is 6.33. The molecule has 1 aliphatic rings. The molecule has 130 valence electrons. The van der Waals surface area contributed by atoms with Gasteiger partial charge in [0.15, 0.2) is 11.8 Å². The van der Waals surface area contributed by atoms with Crippen LogP contribution in [0.2, 0.25) is 0 Å². The summed E-state index contributed by atoms with van der Waals surface area (Å²) in [6, 6.07) is 0.309. The molecular formula is C15H28N6OS. The molecule has 2 N–H and O–H groups in total. The highest BCUT2D eigenvalue weighted by molar-refractivity contribution is 7.99. The molecule has 0 radical (unpaired) electrons. The lowest BCUT2D eigenvalue weighted by Crippen LogP contribution is -2.49. The number of methoxy groups -OCH3 is 1. The van der Waals surface area contributed by atoms with E-state index in [0.717, 1.165) is 43.5 Å². The summed E-state index contributed by atoms with van der Waals surface area (Å²) >= 11 is 1.84. The van der Waals surface area contributed by atoms with E-state index in [1.165, 1.54) is 0 Å². The molecule has 7 nitrogen and oxygen atoms in total. The number of aliphatic imine (C=N–C) groups is 1. The largest absolute Gasteiger partial charge is 0.377 e. The van der Waals surface area contributed by atoms with Crippen molar-refractivity contribution in [3.05, 3.63) is 11.6 Å². The van der Waals surface area contributed by atoms with Gasteiger partial charge in [-0.15, -0.1) is 0 Å². The number of aromatic nitrogens is 3. The van der Waals surface area contributed by atoms with E-state index in [1.807, 2.05) is 23.5 Å². The number of fused-ring (bicyclic) bond motifs is 1. The zero-order valence-electron chi connectivity index (χ0n) is 14.7. The number of nitrogens with one attached hydrogen (secondary N) is 2. The van der Waals surface area contributed by atoms with Crippen LogP contribution < -0.4 is 10.6 Å². The fraction of sp³-hybridized carbons (Fsp3) is 0.800. The van der Waals surface area contributed by atoms with E-state index < -0.39 is 0 Å². The van der Waals surface area contributed by atoms with Crippen molar-refractivity contribution in [2.24, 2.45) is 4.99 Å². The number of hydrogen-bond acceptors (Lipinski definition) is 5. The van der Waals surface area contributed by atoms with Crippen molar-refractivity contribution < 1.29 is 4.74 Å². The maximum absolute atomic E-state index is 5.10. The molecule has 0 spiro atoms. The zero-order chi connectivity index (χ0) is 16.9. The van der Waals surface area contributed by atoms with Gasteiger partial charge in [-0.1, -0.05) is 0 Å². The number of thioether (sulfide) groups is 1. The highest BCUT2D eigenvalue weighted by Crippen LogP contribution is 2.19. The Morgan fingerprint density at radius 3 is 2.96 bits per heavy atom. The topological polar surface area (TPSA) is 76.4 Å². The Kier molecular flexibility index (Phi) is 6.29. The summed E-state index contributed by atoms with van der Waals surface area (Å²) < 4.78 is 7.26. The molecule has 0 bridgehead atoms. The molecular weight excluding hydrogens is 312 g/mol. The number of nitrogens with zero attached hydrogens (tertiary/aromatic N) is 4. The second-order valence-corrected chi connectivity index (χ2v) is 7.84. The summed E-state index contributed by atoms with van der Waals surface area (Å²) in [4.78, 5) is 8.83. The third kappa shape index (κ3) is 5.10. The quantitative estimate of drug-likeness (QED) is 0.595. The molecule has 1 atom stereocenters. The van der Waals surface area contributed by atoms with Gasteiger partial charge >= 0.3 is 0 Å². The lowest BCUT2D eigenvalue weighted by atomic mass is 10.1. The van der Waals surface area contributed by atoms with Crippen LogP contribution in [-0.2, 0) is 24.3 Å². The van der Waals surface area contributed by atoms with Gasteiger partial charge in [0.05, 0.1) is 6.54 Å². The van der Waals surface area contributed by atoms with Crippen LogP contribution in [0.5, 0.6) is 0 Å². The molecule has 8 heteroatoms. The van der Waals surface area contributed by atoms with Gasteiger partial charge in [-0.05, 0) is 26.5 Å². The first kappa shape index (κ1) is 18.1. The lowest BCUT2D eigenvalue weighted by molar-refractivity contribution is 0.177. The minimum atomic E-state index is 0.179. The monoisotopic (exact) mass is 340 g/mol. The molecule has 1 aliphatic heterocycles. The van der Waals surface area contributed by atoms with Crippen molar-refractivity contribution in [3.8, 4) is 0 Å². The van der Waals surface area contributed by atoms with E-state index in [1.54, 1.807) is 7.11 Å². The van der Waals surface area contributed by atoms with Crippen LogP contribution in [0, 0.1) is 0 Å². The molecule has 0 saturated heterocycles. The summed E-state index contributed by atoms with van der Waals surface area (Å²) in [6.45, 7) is 6.58. The van der Waals surface area contributed by atoms with E-state index in [2.05, 4.69) is 45.8 Å². The van der Waals surface area contributed by atoms with Gasteiger partial charge in [0.1, 0.15) is 12.4 Å². The molecule has 0 aromatic carbocycles. The van der Waals surface area contributed by atoms with Crippen molar-refractivity contribution in [1.29, 1.82) is 0 Å². The number of aryl methyl sites for hydroxylation is 1. The summed E-state index contributed by atoms with van der Waals surface area (Å²) in [6.07, 6.45) is 4.07. The van der Waals surface area contributed by atoms with Crippen molar-refractivity contribution >= 4 is 17.7 Å². The first-order valence-corrected chi connectivity index (χ1v) is 9.13. The van der Waals surface area contributed by atoms with Crippen LogP contribution >= 0.6 is 11.8 Å². The summed E-state index contributed by atoms with van der Waals surface area (Å²) in [5, 5.41) is 11.4. The first-order chi connectivity index (χ1) is 11.0. The predicted molar refractivity (Wildman–Crippen MR) is 94.9 cm³/mol. The second kappa shape index (κ2) is 8.01. The average molecular weight is 340 g/mol. The van der Waals surface area contributed by atoms with Gasteiger partial charge < -0.3 is 15.4 Å². The van der Waals surface area contributed by atoms with Gasteiger partial charge in [-0.3, -0.25) is 4.99 Å². The highest BCUT2D eigenvalue weighted by atomic mass is 32.2. The molecule has 0 saturated carbocycles. The van der Waals surface area contributed by atoms with Gasteiger partial charge in [0.2, 0.25) is 0 Å². The maximum atomic E-state index is 5.10. The fourth-order valence-electron chi connectivity index (χ4n) is 2.43. The molecule has 0 amide bonds. The minimum absolute atomic E-state index is 0.179. The smallest absolute Gasteiger partial charge is 0.191 e. The highest BCUT2D eigenvalue weighted by Gasteiger charge is 2.23. The molecule has 1 unspecified atom stereocenters. The normalized spacial score (nSPS) is 18.7. The fourth-order valence-corrected chi connectivity index (χ4v) is 2.64. The maximum Gasteiger partial charge on any atom is 0.191 e. The number of hydrogen-bond donors (Lipinski definition) is 2. The molecule has 0 fully saturated rings. The van der Waals surface area contributed by atoms with E-state index >= 15 is 0 Å². The van der Waals surface area contributed by atoms with Crippen molar-refractivity contribution in [2.75, 3.05) is 27.0 Å². The SMILES string of the molecule is CN=C(NCC(C)(C)SC)NC1CCc2nc(COC)nn2C1. The Bertz CT molecular complexity index is 542. The summed E-state index contributed by atoms with van der Waals surface area (Å²) in [5.41, 5.74) is 0. The number of guanidine groups is 1. The minimum Gasteiger partial charge on any atom is -0.377 e. The van der Waals surface area contributed by atoms with Gasteiger partial charge in [-0.25, -0.2) is 9.67 Å². The zero-order valence-corrected chi connectivity index (χ0v) is 15.5. The van der Waals surface area contributed by atoms with Gasteiger partial charge in [-0.2, -0.15) is 16.9 Å². The van der Waals surface area contributed by atoms with Crippen LogP contribution in [0.25, 0.3) is 0 Å². The van der Waals surface area contributed by atoms with Gasteiger partial charge in [0, 0.05) is 37.9 Å². The molecule has 2 heterocycles. The van der Waals surface area contributed by atoms with E-state index in [0.29, 0.717) is 12.6 Å². The van der Waals surface area contributed by atoms with E-state index in [-0.39, 0.29) is 4.75 Å². The van der Waals surface area contributed by atoms with Crippen molar-refractivity contribution in [1.82, 2.24) is 25.4 Å². The Hall–Kier alpha value is -1.28. The van der Waals surface area contributed by atoms with Crippen LogP contribution in [0.4, 0.5) is 0 Å². The number of ether oxygens (including phenoxy) is 1. The molecule has 1 aromatic heterocycles. The van der Waals surface area contributed by atoms with E-state index in [4.69, 9.17) is 4.74 Å².